The molecule has 0 aliphatic carbocycles. The molecule has 2 aliphatic rings. The molecule has 9 heteroatoms. The molecule has 1 unspecified atom stereocenters. The van der Waals surface area contributed by atoms with E-state index in [9.17, 15) is 13.2 Å². The molecule has 7 nitrogen and oxygen atoms in total. The summed E-state index contributed by atoms with van der Waals surface area (Å²) in [7, 11) is -3.37. The Bertz CT molecular complexity index is 1310. The van der Waals surface area contributed by atoms with Crippen LogP contribution in [-0.4, -0.2) is 64.0 Å². The van der Waals surface area contributed by atoms with Gasteiger partial charge in [0.1, 0.15) is 0 Å². The van der Waals surface area contributed by atoms with Crippen molar-refractivity contribution in [2.75, 3.05) is 39.1 Å². The van der Waals surface area contributed by atoms with Gasteiger partial charge in [0.15, 0.2) is 15.4 Å². The fourth-order valence-corrected chi connectivity index (χ4v) is 6.01. The average Bonchev–Trinajstić information content (AvgIpc) is 3.07. The van der Waals surface area contributed by atoms with Crippen molar-refractivity contribution in [2.45, 2.75) is 43.6 Å². The predicted molar refractivity (Wildman–Crippen MR) is 141 cm³/mol. The molecule has 0 radical (unpaired) electrons. The largest absolute Gasteiger partial charge is 0.448 e. The maximum Gasteiger partial charge on any atom is 0.341 e. The molecule has 36 heavy (non-hydrogen) atoms. The SMILES string of the molecule is CCOCCN1CCCC2(C1)OC(=O)C(c1cc(Cl)c(-c3cccc(S(C)(=O)=O)c3)cc1CC)=C2N. The van der Waals surface area contributed by atoms with Gasteiger partial charge in [0.25, 0.3) is 0 Å². The number of sulfone groups is 1. The zero-order valence-electron chi connectivity index (χ0n) is 21.0. The van der Waals surface area contributed by atoms with Crippen LogP contribution in [0.2, 0.25) is 5.02 Å². The smallest absolute Gasteiger partial charge is 0.341 e. The maximum absolute atomic E-state index is 13.2. The van der Waals surface area contributed by atoms with Crippen molar-refractivity contribution in [3.05, 3.63) is 58.2 Å². The topological polar surface area (TPSA) is 98.9 Å². The van der Waals surface area contributed by atoms with Crippen molar-refractivity contribution in [2.24, 2.45) is 5.73 Å². The molecule has 1 spiro atoms. The van der Waals surface area contributed by atoms with Crippen molar-refractivity contribution in [1.29, 1.82) is 0 Å². The van der Waals surface area contributed by atoms with Crippen LogP contribution in [0.3, 0.4) is 0 Å². The van der Waals surface area contributed by atoms with E-state index >= 15 is 0 Å². The van der Waals surface area contributed by atoms with Gasteiger partial charge >= 0.3 is 5.97 Å². The first kappa shape index (κ1) is 26.7. The van der Waals surface area contributed by atoms with E-state index in [1.165, 1.54) is 6.26 Å². The molecule has 2 aromatic rings. The molecule has 0 bridgehead atoms. The standard InChI is InChI=1S/C27H33ClN2O5S/c1-4-18-15-21(19-8-6-9-20(14-19)36(3,32)33)23(28)16-22(18)24-25(29)27(35-26(24)31)10-7-11-30(17-27)12-13-34-5-2/h6,8-9,14-16H,4-5,7,10-13,17,29H2,1-3H3. The maximum atomic E-state index is 13.2. The third-order valence-corrected chi connectivity index (χ3v) is 8.38. The monoisotopic (exact) mass is 532 g/mol. The van der Waals surface area contributed by atoms with E-state index in [4.69, 9.17) is 26.8 Å². The number of nitrogens with zero attached hydrogens (tertiary/aromatic N) is 1. The zero-order valence-corrected chi connectivity index (χ0v) is 22.5. The van der Waals surface area contributed by atoms with Crippen molar-refractivity contribution >= 4 is 33.0 Å². The molecule has 2 heterocycles. The Morgan fingerprint density at radius 2 is 1.97 bits per heavy atom. The number of benzene rings is 2. The number of carbonyl (C=O) groups excluding carboxylic acids is 1. The third-order valence-electron chi connectivity index (χ3n) is 6.96. The Morgan fingerprint density at radius 1 is 1.19 bits per heavy atom. The zero-order chi connectivity index (χ0) is 26.1. The van der Waals surface area contributed by atoms with E-state index < -0.39 is 21.4 Å². The summed E-state index contributed by atoms with van der Waals surface area (Å²) >= 11 is 6.72. The minimum atomic E-state index is -3.37. The minimum absolute atomic E-state index is 0.220. The lowest BCUT2D eigenvalue weighted by atomic mass is 9.86. The Morgan fingerprint density at radius 3 is 2.67 bits per heavy atom. The van der Waals surface area contributed by atoms with Crippen molar-refractivity contribution in [3.8, 4) is 11.1 Å². The fourth-order valence-electron chi connectivity index (χ4n) is 5.07. The number of nitrogens with two attached hydrogens (primary N) is 1. The molecule has 0 aromatic heterocycles. The van der Waals surface area contributed by atoms with Crippen molar-refractivity contribution in [3.63, 3.8) is 0 Å². The lowest BCUT2D eigenvalue weighted by Gasteiger charge is -2.39. The Balaban J connectivity index is 1.73. The number of piperidine rings is 1. The second-order valence-electron chi connectivity index (χ2n) is 9.39. The van der Waals surface area contributed by atoms with Gasteiger partial charge in [-0.15, -0.1) is 0 Å². The average molecular weight is 533 g/mol. The summed E-state index contributed by atoms with van der Waals surface area (Å²) in [4.78, 5) is 15.7. The molecule has 1 saturated heterocycles. The number of aryl methyl sites for hydroxylation is 1. The Labute approximate surface area is 218 Å². The molecule has 1 fully saturated rings. The number of halogens is 1. The van der Waals surface area contributed by atoms with E-state index in [0.717, 1.165) is 25.1 Å². The number of ether oxygens (including phenoxy) is 2. The van der Waals surface area contributed by atoms with Gasteiger partial charge in [0.2, 0.25) is 0 Å². The van der Waals surface area contributed by atoms with Crippen molar-refractivity contribution < 1.29 is 22.7 Å². The predicted octanol–water partition coefficient (Wildman–Crippen LogP) is 4.07. The number of hydrogen-bond donors (Lipinski definition) is 1. The van der Waals surface area contributed by atoms with Gasteiger partial charge in [-0.1, -0.05) is 30.7 Å². The highest BCUT2D eigenvalue weighted by Crippen LogP contribution is 2.43. The van der Waals surface area contributed by atoms with E-state index in [-0.39, 0.29) is 4.90 Å². The van der Waals surface area contributed by atoms with Gasteiger partial charge in [-0.2, -0.15) is 0 Å². The van der Waals surface area contributed by atoms with Crippen LogP contribution in [0.5, 0.6) is 0 Å². The Hall–Kier alpha value is -2.39. The highest BCUT2D eigenvalue weighted by atomic mass is 35.5. The van der Waals surface area contributed by atoms with Gasteiger partial charge in [-0.3, -0.25) is 4.90 Å². The van der Waals surface area contributed by atoms with Crippen LogP contribution in [0.15, 0.2) is 47.0 Å². The van der Waals surface area contributed by atoms with Crippen molar-refractivity contribution in [1.82, 2.24) is 4.90 Å². The van der Waals surface area contributed by atoms with Crippen LogP contribution < -0.4 is 5.73 Å². The molecule has 2 aliphatic heterocycles. The lowest BCUT2D eigenvalue weighted by Crippen LogP contribution is -2.51. The van der Waals surface area contributed by atoms with Crippen LogP contribution in [-0.2, 0) is 30.5 Å². The summed E-state index contributed by atoms with van der Waals surface area (Å²) in [5.41, 5.74) is 9.59. The van der Waals surface area contributed by atoms with Gasteiger partial charge < -0.3 is 15.2 Å². The molecule has 0 amide bonds. The lowest BCUT2D eigenvalue weighted by molar-refractivity contribution is -0.149. The summed E-state index contributed by atoms with van der Waals surface area (Å²) in [5.74, 6) is -0.434. The second kappa shape index (κ2) is 10.5. The number of esters is 1. The van der Waals surface area contributed by atoms with E-state index in [0.29, 0.717) is 65.6 Å². The molecule has 2 aromatic carbocycles. The summed E-state index contributed by atoms with van der Waals surface area (Å²) in [6.45, 7) is 7.43. The summed E-state index contributed by atoms with van der Waals surface area (Å²) in [6, 6.07) is 10.3. The van der Waals surface area contributed by atoms with Crippen LogP contribution in [0.1, 0.15) is 37.8 Å². The molecule has 1 atom stereocenters. The van der Waals surface area contributed by atoms with E-state index in [2.05, 4.69) is 4.90 Å². The Kier molecular flexibility index (Phi) is 7.80. The van der Waals surface area contributed by atoms with E-state index in [1.807, 2.05) is 26.0 Å². The van der Waals surface area contributed by atoms with Gasteiger partial charge in [0, 0.05) is 36.5 Å². The number of hydrogen-bond acceptors (Lipinski definition) is 7. The molecule has 194 valence electrons. The molecule has 2 N–H and O–H groups in total. The van der Waals surface area contributed by atoms with Gasteiger partial charge in [-0.25, -0.2) is 13.2 Å². The number of rotatable bonds is 8. The normalized spacial score (nSPS) is 20.8. The number of carbonyl (C=O) groups is 1. The van der Waals surface area contributed by atoms with Crippen LogP contribution >= 0.6 is 11.6 Å². The quantitative estimate of drug-likeness (QED) is 0.404. The minimum Gasteiger partial charge on any atom is -0.448 e. The molecular formula is C27H33ClN2O5S. The highest BCUT2D eigenvalue weighted by molar-refractivity contribution is 7.90. The molecule has 0 saturated carbocycles. The highest BCUT2D eigenvalue weighted by Gasteiger charge is 2.49. The van der Waals surface area contributed by atoms with Crippen LogP contribution in [0.4, 0.5) is 0 Å². The number of likely N-dealkylation sites (tertiary alicyclic amines) is 1. The van der Waals surface area contributed by atoms with Gasteiger partial charge in [0.05, 0.1) is 22.8 Å². The molecule has 4 rings (SSSR count). The first-order chi connectivity index (χ1) is 17.1. The van der Waals surface area contributed by atoms with Crippen LogP contribution in [0, 0.1) is 0 Å². The first-order valence-electron chi connectivity index (χ1n) is 12.3. The summed E-state index contributed by atoms with van der Waals surface area (Å²) in [5, 5.41) is 0.406. The van der Waals surface area contributed by atoms with Crippen LogP contribution in [0.25, 0.3) is 16.7 Å². The fraction of sp³-hybridized carbons (Fsp3) is 0.444. The van der Waals surface area contributed by atoms with E-state index in [1.54, 1.807) is 24.3 Å². The summed E-state index contributed by atoms with van der Waals surface area (Å²) < 4.78 is 35.6. The third kappa shape index (κ3) is 5.18. The second-order valence-corrected chi connectivity index (χ2v) is 11.8. The summed E-state index contributed by atoms with van der Waals surface area (Å²) in [6.07, 6.45) is 3.34. The van der Waals surface area contributed by atoms with Gasteiger partial charge in [-0.05, 0) is 73.7 Å². The first-order valence-corrected chi connectivity index (χ1v) is 14.5. The molecular weight excluding hydrogens is 500 g/mol.